The normalized spacial score (nSPS) is 19.7. The van der Waals surface area contributed by atoms with E-state index in [0.717, 1.165) is 96.3 Å². The van der Waals surface area contributed by atoms with Gasteiger partial charge in [0.25, 0.3) is 0 Å². The highest BCUT2D eigenvalue weighted by atomic mass is 16.7. The van der Waals surface area contributed by atoms with Gasteiger partial charge in [-0.2, -0.15) is 0 Å². The summed E-state index contributed by atoms with van der Waals surface area (Å²) >= 11 is 0. The summed E-state index contributed by atoms with van der Waals surface area (Å²) in [7, 11) is 0. The average molecular weight is 1060 g/mol. The van der Waals surface area contributed by atoms with Crippen LogP contribution in [0.2, 0.25) is 0 Å². The van der Waals surface area contributed by atoms with E-state index >= 15 is 0 Å². The summed E-state index contributed by atoms with van der Waals surface area (Å²) in [4.78, 5) is 26.5. The van der Waals surface area contributed by atoms with Gasteiger partial charge in [-0.1, -0.05) is 254 Å². The first-order valence-corrected chi connectivity index (χ1v) is 30.7. The fourth-order valence-corrected chi connectivity index (χ4v) is 9.27. The molecule has 6 N–H and O–H groups in total. The van der Waals surface area contributed by atoms with Gasteiger partial charge in [0.05, 0.1) is 25.4 Å². The number of aliphatic hydroxyl groups excluding tert-OH is 5. The molecule has 0 bridgehead atoms. The fraction of sp³-hybridized carbons (Fsp3) is 0.781. The van der Waals surface area contributed by atoms with E-state index in [2.05, 4.69) is 86.8 Å². The number of carbonyl (C=O) groups is 2. The van der Waals surface area contributed by atoms with Crippen molar-refractivity contribution in [2.24, 2.45) is 0 Å². The largest absolute Gasteiger partial charge is 0.454 e. The molecule has 1 rings (SSSR count). The standard InChI is InChI=1S/C64H113NO10/c1-4-7-10-13-16-19-22-25-26-27-28-29-30-31-34-36-39-42-45-48-51-57(68)63(72)65-55(56(67)50-47-44-41-38-35-32-23-20-17-14-11-8-5-2)54-73-64-62(61(71)60(70)58(53-66)74-64)75-59(69)52-49-46-43-40-37-33-24-21-18-15-12-9-6-3/h7,10,16,19,25-26,28-29,31,34,47,50,55-58,60-62,64,66-68,70-71H,4-6,8-9,11-15,17-18,20-24,27,30,32-33,35-46,48-49,51-54H2,1-3H3,(H,65,72)/b10-7-,19-16-,26-25-,29-28-,34-31-,50-47+. The molecule has 1 amide bonds. The van der Waals surface area contributed by atoms with Gasteiger partial charge >= 0.3 is 5.97 Å². The highest BCUT2D eigenvalue weighted by Gasteiger charge is 2.47. The summed E-state index contributed by atoms with van der Waals surface area (Å²) in [6.07, 6.45) is 55.1. The van der Waals surface area contributed by atoms with E-state index in [-0.39, 0.29) is 19.4 Å². The minimum absolute atomic E-state index is 0.122. The molecular weight excluding hydrogens is 943 g/mol. The van der Waals surface area contributed by atoms with Gasteiger partial charge in [0.2, 0.25) is 5.91 Å². The number of allylic oxidation sites excluding steroid dienone is 11. The van der Waals surface area contributed by atoms with Crippen LogP contribution in [-0.4, -0.2) is 99.6 Å². The third-order valence-electron chi connectivity index (χ3n) is 14.1. The molecule has 434 valence electrons. The molecule has 1 heterocycles. The van der Waals surface area contributed by atoms with E-state index in [1.54, 1.807) is 6.08 Å². The maximum atomic E-state index is 13.4. The van der Waals surface area contributed by atoms with Crippen LogP contribution < -0.4 is 5.32 Å². The number of hydrogen-bond donors (Lipinski definition) is 6. The lowest BCUT2D eigenvalue weighted by molar-refractivity contribution is -0.305. The molecule has 8 unspecified atom stereocenters. The molecule has 0 spiro atoms. The fourth-order valence-electron chi connectivity index (χ4n) is 9.27. The van der Waals surface area contributed by atoms with Crippen molar-refractivity contribution in [3.63, 3.8) is 0 Å². The van der Waals surface area contributed by atoms with Crippen LogP contribution in [0.15, 0.2) is 72.9 Å². The Kier molecular flexibility index (Phi) is 48.5. The zero-order valence-electron chi connectivity index (χ0n) is 47.9. The van der Waals surface area contributed by atoms with Crippen molar-refractivity contribution in [1.29, 1.82) is 0 Å². The highest BCUT2D eigenvalue weighted by molar-refractivity contribution is 5.80. The highest BCUT2D eigenvalue weighted by Crippen LogP contribution is 2.26. The third-order valence-corrected chi connectivity index (χ3v) is 14.1. The van der Waals surface area contributed by atoms with Crippen LogP contribution in [0.3, 0.4) is 0 Å². The van der Waals surface area contributed by atoms with Crippen molar-refractivity contribution in [1.82, 2.24) is 5.32 Å². The maximum absolute atomic E-state index is 13.4. The van der Waals surface area contributed by atoms with E-state index in [1.807, 2.05) is 6.08 Å². The lowest BCUT2D eigenvalue weighted by atomic mass is 9.99. The first-order chi connectivity index (χ1) is 36.7. The summed E-state index contributed by atoms with van der Waals surface area (Å²) in [6.45, 7) is 5.66. The van der Waals surface area contributed by atoms with Crippen molar-refractivity contribution in [3.05, 3.63) is 72.9 Å². The minimum Gasteiger partial charge on any atom is -0.454 e. The molecule has 75 heavy (non-hydrogen) atoms. The monoisotopic (exact) mass is 1060 g/mol. The summed E-state index contributed by atoms with van der Waals surface area (Å²) in [6, 6.07) is -1.04. The zero-order chi connectivity index (χ0) is 54.7. The Bertz CT molecular complexity index is 1490. The third kappa shape index (κ3) is 40.0. The van der Waals surface area contributed by atoms with Crippen LogP contribution in [0.5, 0.6) is 0 Å². The molecule has 1 saturated heterocycles. The number of rotatable bonds is 51. The zero-order valence-corrected chi connectivity index (χ0v) is 47.9. The summed E-state index contributed by atoms with van der Waals surface area (Å²) in [5.41, 5.74) is 0. The van der Waals surface area contributed by atoms with Gasteiger partial charge in [0.15, 0.2) is 12.4 Å². The number of aliphatic hydroxyl groups is 5. The SMILES string of the molecule is CC/C=C\C/C=C\C/C=C\C/C=C\C/C=C\CCCCCCC(O)C(=O)NC(COC1OC(CO)C(O)C(O)C1OC(=O)CCCCCCCCCCCCCCC)C(O)/C=C/CCCCCCCCCCCCC. The number of nitrogens with one attached hydrogen (secondary N) is 1. The molecule has 1 aliphatic heterocycles. The summed E-state index contributed by atoms with van der Waals surface area (Å²) in [5, 5.41) is 56.9. The van der Waals surface area contributed by atoms with Crippen LogP contribution in [-0.2, 0) is 23.8 Å². The quantitative estimate of drug-likeness (QED) is 0.0195. The van der Waals surface area contributed by atoms with E-state index in [1.165, 1.54) is 116 Å². The molecule has 0 aromatic heterocycles. The van der Waals surface area contributed by atoms with Crippen LogP contribution in [0, 0.1) is 0 Å². The molecule has 8 atom stereocenters. The second-order valence-electron chi connectivity index (χ2n) is 21.1. The van der Waals surface area contributed by atoms with Crippen LogP contribution in [0.1, 0.15) is 258 Å². The molecular formula is C64H113NO10. The first kappa shape index (κ1) is 70.1. The van der Waals surface area contributed by atoms with Crippen molar-refractivity contribution in [2.75, 3.05) is 13.2 Å². The Morgan fingerprint density at radius 1 is 0.533 bits per heavy atom. The van der Waals surface area contributed by atoms with Crippen LogP contribution in [0.4, 0.5) is 0 Å². The molecule has 11 nitrogen and oxygen atoms in total. The Hall–Kier alpha value is -2.90. The van der Waals surface area contributed by atoms with Gasteiger partial charge in [-0.05, 0) is 70.6 Å². The first-order valence-electron chi connectivity index (χ1n) is 30.7. The molecule has 0 aliphatic carbocycles. The second-order valence-corrected chi connectivity index (χ2v) is 21.1. The molecule has 0 aromatic carbocycles. The van der Waals surface area contributed by atoms with Gasteiger partial charge in [-0.15, -0.1) is 0 Å². The number of amides is 1. The van der Waals surface area contributed by atoms with Gasteiger partial charge in [0.1, 0.15) is 24.4 Å². The Morgan fingerprint density at radius 3 is 1.44 bits per heavy atom. The van der Waals surface area contributed by atoms with Gasteiger partial charge < -0.3 is 45.1 Å². The smallest absolute Gasteiger partial charge is 0.306 e. The van der Waals surface area contributed by atoms with Crippen molar-refractivity contribution in [2.45, 2.75) is 307 Å². The maximum Gasteiger partial charge on any atom is 0.306 e. The van der Waals surface area contributed by atoms with Crippen molar-refractivity contribution >= 4 is 11.9 Å². The van der Waals surface area contributed by atoms with Crippen LogP contribution >= 0.6 is 0 Å². The molecule has 11 heteroatoms. The van der Waals surface area contributed by atoms with Gasteiger partial charge in [-0.3, -0.25) is 9.59 Å². The Labute approximate surface area is 458 Å². The van der Waals surface area contributed by atoms with E-state index < -0.39 is 67.4 Å². The molecule has 1 aliphatic rings. The number of ether oxygens (including phenoxy) is 3. The molecule has 0 radical (unpaired) electrons. The van der Waals surface area contributed by atoms with E-state index in [4.69, 9.17) is 14.2 Å². The van der Waals surface area contributed by atoms with E-state index in [0.29, 0.717) is 12.8 Å². The Morgan fingerprint density at radius 2 is 0.960 bits per heavy atom. The molecule has 1 fully saturated rings. The average Bonchev–Trinajstić information content (AvgIpc) is 3.41. The van der Waals surface area contributed by atoms with Crippen molar-refractivity contribution in [3.8, 4) is 0 Å². The van der Waals surface area contributed by atoms with Crippen LogP contribution in [0.25, 0.3) is 0 Å². The minimum atomic E-state index is -1.62. The van der Waals surface area contributed by atoms with Crippen molar-refractivity contribution < 1.29 is 49.3 Å². The van der Waals surface area contributed by atoms with E-state index in [9.17, 15) is 35.1 Å². The van der Waals surface area contributed by atoms with Gasteiger partial charge in [-0.25, -0.2) is 0 Å². The number of carbonyl (C=O) groups excluding carboxylic acids is 2. The number of esters is 1. The number of hydrogen-bond acceptors (Lipinski definition) is 10. The topological polar surface area (TPSA) is 175 Å². The van der Waals surface area contributed by atoms with Gasteiger partial charge in [0, 0.05) is 6.42 Å². The lowest BCUT2D eigenvalue weighted by Gasteiger charge is -2.41. The lowest BCUT2D eigenvalue weighted by Crippen LogP contribution is -2.61. The predicted molar refractivity (Wildman–Crippen MR) is 310 cm³/mol. The summed E-state index contributed by atoms with van der Waals surface area (Å²) in [5.74, 6) is -1.21. The summed E-state index contributed by atoms with van der Waals surface area (Å²) < 4.78 is 17.6. The molecule has 0 aromatic rings. The predicted octanol–water partition coefficient (Wildman–Crippen LogP) is 14.4. The number of unbranched alkanes of at least 4 members (excludes halogenated alkanes) is 27. The molecule has 0 saturated carbocycles. The Balaban J connectivity index is 2.72. The second kappa shape index (κ2) is 51.8.